The normalized spacial score (nSPS) is 17.9. The van der Waals surface area contributed by atoms with Crippen molar-refractivity contribution in [2.75, 3.05) is 18.7 Å². The Morgan fingerprint density at radius 3 is 2.68 bits per heavy atom. The number of imidazole rings is 1. The van der Waals surface area contributed by atoms with Crippen LogP contribution in [0.25, 0.3) is 11.4 Å². The number of fused-ring (bicyclic) bond motifs is 1. The minimum absolute atomic E-state index is 0.248. The van der Waals surface area contributed by atoms with Crippen molar-refractivity contribution < 1.29 is 17.9 Å². The van der Waals surface area contributed by atoms with Crippen molar-refractivity contribution in [3.8, 4) is 17.3 Å². The van der Waals surface area contributed by atoms with Gasteiger partial charge < -0.3 is 19.5 Å². The van der Waals surface area contributed by atoms with Gasteiger partial charge in [0, 0.05) is 35.0 Å². The Hall–Kier alpha value is -3.01. The summed E-state index contributed by atoms with van der Waals surface area (Å²) in [5, 5.41) is 3.24. The largest absolute Gasteiger partial charge is 0.479 e. The first-order chi connectivity index (χ1) is 16.2. The molecular weight excluding hydrogens is 511 g/mol. The topological polar surface area (TPSA) is 55.2 Å². The molecule has 6 nitrogen and oxygen atoms in total. The van der Waals surface area contributed by atoms with Crippen molar-refractivity contribution in [1.29, 1.82) is 0 Å². The van der Waals surface area contributed by atoms with Gasteiger partial charge in [-0.2, -0.15) is 13.2 Å². The molecule has 0 saturated carbocycles. The lowest BCUT2D eigenvalue weighted by Crippen LogP contribution is -2.21. The maximum Gasteiger partial charge on any atom is 0.416 e. The summed E-state index contributed by atoms with van der Waals surface area (Å²) < 4.78 is 49.3. The number of alkyl halides is 3. The first kappa shape index (κ1) is 22.8. The van der Waals surface area contributed by atoms with E-state index in [-0.39, 0.29) is 5.56 Å². The van der Waals surface area contributed by atoms with Crippen molar-refractivity contribution in [3.05, 3.63) is 69.8 Å². The fourth-order valence-electron chi connectivity index (χ4n) is 4.61. The van der Waals surface area contributed by atoms with Crippen molar-refractivity contribution >= 4 is 21.6 Å². The van der Waals surface area contributed by atoms with Crippen molar-refractivity contribution in [2.45, 2.75) is 38.4 Å². The minimum atomic E-state index is -4.45. The van der Waals surface area contributed by atoms with Crippen LogP contribution in [0.2, 0.25) is 0 Å². The Labute approximate surface area is 203 Å². The molecule has 0 aliphatic carbocycles. The number of hydrogen-bond acceptors (Lipinski definition) is 5. The number of halogens is 4. The van der Waals surface area contributed by atoms with Crippen LogP contribution in [0.5, 0.6) is 5.88 Å². The van der Waals surface area contributed by atoms with Crippen molar-refractivity contribution in [2.24, 2.45) is 0 Å². The summed E-state index contributed by atoms with van der Waals surface area (Å²) in [6.45, 7) is 3.31. The number of hydrogen-bond donors (Lipinski definition) is 1. The number of rotatable bonds is 4. The molecule has 0 bridgehead atoms. The van der Waals surface area contributed by atoms with Gasteiger partial charge in [0.1, 0.15) is 17.2 Å². The van der Waals surface area contributed by atoms with Crippen LogP contribution in [0, 0.1) is 0 Å². The van der Waals surface area contributed by atoms with E-state index in [1.54, 1.807) is 19.2 Å². The third-order valence-corrected chi connectivity index (χ3v) is 6.68. The third-order valence-electron chi connectivity index (χ3n) is 6.19. The highest BCUT2D eigenvalue weighted by molar-refractivity contribution is 9.10. The Morgan fingerprint density at radius 2 is 1.97 bits per heavy atom. The Morgan fingerprint density at radius 1 is 1.15 bits per heavy atom. The Bertz CT molecular complexity index is 1270. The zero-order valence-electron chi connectivity index (χ0n) is 18.7. The molecule has 0 fully saturated rings. The molecule has 0 saturated heterocycles. The average Bonchev–Trinajstić information content (AvgIpc) is 3.44. The fraction of sp³-hybridized carbons (Fsp3) is 0.333. The molecular formula is C24H23BrF3N5O. The monoisotopic (exact) mass is 533 g/mol. The summed E-state index contributed by atoms with van der Waals surface area (Å²) >= 11 is 3.17. The molecule has 1 aromatic carbocycles. The SMILES string of the molecule is COc1nc(-c2cn3c(n2)C(c2ccc(Br)cc2C(F)(F)F)CCC3)ccc1N1C=C(C)NC1. The van der Waals surface area contributed by atoms with E-state index in [2.05, 4.69) is 26.2 Å². The number of nitrogens with zero attached hydrogens (tertiary/aromatic N) is 4. The standard InChI is InChI=1S/C24H23BrF3N5O/c1-14-11-33(13-29-14)21-8-7-19(31-23(21)34-2)20-12-32-9-3-4-17(22(32)30-20)16-6-5-15(25)10-18(16)24(26,27)28/h5-8,10-12,17,29H,3-4,9,13H2,1-2H3. The van der Waals surface area contributed by atoms with E-state index >= 15 is 0 Å². The van der Waals surface area contributed by atoms with Gasteiger partial charge in [0.15, 0.2) is 0 Å². The molecule has 34 heavy (non-hydrogen) atoms. The molecule has 10 heteroatoms. The van der Waals surface area contributed by atoms with Crippen LogP contribution in [0.4, 0.5) is 18.9 Å². The van der Waals surface area contributed by atoms with E-state index in [1.807, 2.05) is 40.9 Å². The highest BCUT2D eigenvalue weighted by Gasteiger charge is 2.37. The average molecular weight is 534 g/mol. The van der Waals surface area contributed by atoms with E-state index in [0.717, 1.165) is 23.9 Å². The van der Waals surface area contributed by atoms with Gasteiger partial charge in [-0.15, -0.1) is 0 Å². The predicted octanol–water partition coefficient (Wildman–Crippen LogP) is 5.89. The summed E-state index contributed by atoms with van der Waals surface area (Å²) in [5.41, 5.74) is 2.71. The van der Waals surface area contributed by atoms with Crippen LogP contribution in [-0.2, 0) is 12.7 Å². The van der Waals surface area contributed by atoms with Gasteiger partial charge in [-0.25, -0.2) is 9.97 Å². The van der Waals surface area contributed by atoms with Gasteiger partial charge in [-0.3, -0.25) is 0 Å². The molecule has 178 valence electrons. The third kappa shape index (κ3) is 4.15. The van der Waals surface area contributed by atoms with Crippen LogP contribution in [0.3, 0.4) is 0 Å². The molecule has 5 rings (SSSR count). The number of nitrogens with one attached hydrogen (secondary N) is 1. The van der Waals surface area contributed by atoms with Crippen LogP contribution in [0.15, 0.2) is 52.9 Å². The Balaban J connectivity index is 1.53. The first-order valence-corrected chi connectivity index (χ1v) is 11.7. The molecule has 4 heterocycles. The Kier molecular flexibility index (Phi) is 5.79. The number of allylic oxidation sites excluding steroid dienone is 1. The lowest BCUT2D eigenvalue weighted by molar-refractivity contribution is -0.138. The van der Waals surface area contributed by atoms with Gasteiger partial charge in [0.2, 0.25) is 5.88 Å². The number of anilines is 1. The number of aromatic nitrogens is 3. The van der Waals surface area contributed by atoms with Crippen molar-refractivity contribution in [3.63, 3.8) is 0 Å². The first-order valence-electron chi connectivity index (χ1n) is 10.9. The molecule has 0 spiro atoms. The van der Waals surface area contributed by atoms with Gasteiger partial charge in [-0.1, -0.05) is 22.0 Å². The molecule has 1 N–H and O–H groups in total. The lowest BCUT2D eigenvalue weighted by atomic mass is 9.87. The zero-order valence-corrected chi connectivity index (χ0v) is 20.2. The van der Waals surface area contributed by atoms with Crippen LogP contribution < -0.4 is 15.0 Å². The predicted molar refractivity (Wildman–Crippen MR) is 126 cm³/mol. The number of pyridine rings is 1. The highest BCUT2D eigenvalue weighted by atomic mass is 79.9. The molecule has 3 aromatic rings. The highest BCUT2D eigenvalue weighted by Crippen LogP contribution is 2.42. The van der Waals surface area contributed by atoms with Crippen LogP contribution >= 0.6 is 15.9 Å². The van der Waals surface area contributed by atoms with E-state index in [4.69, 9.17) is 9.72 Å². The summed E-state index contributed by atoms with van der Waals surface area (Å²) in [6, 6.07) is 8.14. The number of benzene rings is 1. The second-order valence-corrected chi connectivity index (χ2v) is 9.36. The molecule has 2 aliphatic rings. The summed E-state index contributed by atoms with van der Waals surface area (Å²) in [6.07, 6.45) is 0.777. The van der Waals surface area contributed by atoms with E-state index in [1.165, 1.54) is 0 Å². The van der Waals surface area contributed by atoms with Crippen LogP contribution in [0.1, 0.15) is 42.6 Å². The molecule has 0 amide bonds. The minimum Gasteiger partial charge on any atom is -0.479 e. The van der Waals surface area contributed by atoms with Crippen LogP contribution in [-0.4, -0.2) is 28.3 Å². The molecule has 2 aliphatic heterocycles. The maximum absolute atomic E-state index is 13.8. The fourth-order valence-corrected chi connectivity index (χ4v) is 4.97. The molecule has 1 atom stereocenters. The zero-order chi connectivity index (χ0) is 24.0. The smallest absolute Gasteiger partial charge is 0.416 e. The molecule has 2 aromatic heterocycles. The van der Waals surface area contributed by atoms with E-state index in [0.29, 0.717) is 47.2 Å². The maximum atomic E-state index is 13.8. The summed E-state index contributed by atoms with van der Waals surface area (Å²) in [5.74, 6) is 0.637. The van der Waals surface area contributed by atoms with E-state index < -0.39 is 17.7 Å². The molecule has 1 unspecified atom stereocenters. The summed E-state index contributed by atoms with van der Waals surface area (Å²) in [4.78, 5) is 11.4. The number of aryl methyl sites for hydroxylation is 1. The number of ether oxygens (including phenoxy) is 1. The van der Waals surface area contributed by atoms with Gasteiger partial charge in [0.25, 0.3) is 0 Å². The van der Waals surface area contributed by atoms with Gasteiger partial charge in [-0.05, 0) is 49.6 Å². The van der Waals surface area contributed by atoms with Gasteiger partial charge in [0.05, 0.1) is 25.0 Å². The lowest BCUT2D eigenvalue weighted by Gasteiger charge is -2.26. The number of methoxy groups -OCH3 is 1. The van der Waals surface area contributed by atoms with E-state index in [9.17, 15) is 13.2 Å². The van der Waals surface area contributed by atoms with Gasteiger partial charge >= 0.3 is 6.18 Å². The quantitative estimate of drug-likeness (QED) is 0.453. The van der Waals surface area contributed by atoms with Crippen molar-refractivity contribution in [1.82, 2.24) is 19.9 Å². The molecule has 0 radical (unpaired) electrons. The summed E-state index contributed by atoms with van der Waals surface area (Å²) in [7, 11) is 1.57. The second-order valence-electron chi connectivity index (χ2n) is 8.44. The second kappa shape index (κ2) is 8.65.